The van der Waals surface area contributed by atoms with E-state index in [0.29, 0.717) is 30.5 Å². The first-order chi connectivity index (χ1) is 11.6. The monoisotopic (exact) mass is 350 g/mol. The van der Waals surface area contributed by atoms with Gasteiger partial charge < -0.3 is 9.42 Å². The zero-order chi connectivity index (χ0) is 17.1. The molecule has 2 aromatic heterocycles. The fraction of sp³-hybridized carbons (Fsp3) is 0.571. The Morgan fingerprint density at radius 2 is 2.33 bits per heavy atom. The fourth-order valence-electron chi connectivity index (χ4n) is 2.55. The molecule has 3 rings (SSSR count). The standard InChI is InChI=1S/C14H18N6O3S/c1-3-11-16-17-14(24-11)20-7-9(6-12(20)21)13(22)19(2)5-4-10-15-8-23-18-10/h8-9H,3-7H2,1-2H3. The lowest BCUT2D eigenvalue weighted by Crippen LogP contribution is -2.36. The van der Waals surface area contributed by atoms with E-state index in [-0.39, 0.29) is 24.2 Å². The maximum atomic E-state index is 12.5. The zero-order valence-electron chi connectivity index (χ0n) is 13.5. The van der Waals surface area contributed by atoms with Gasteiger partial charge in [0.25, 0.3) is 0 Å². The number of carbonyl (C=O) groups is 2. The Bertz CT molecular complexity index is 716. The van der Waals surface area contributed by atoms with E-state index >= 15 is 0 Å². The SMILES string of the molecule is CCc1nnc(N2CC(C(=O)N(C)CCc3ncon3)CC2=O)s1. The molecule has 10 heteroatoms. The number of anilines is 1. The van der Waals surface area contributed by atoms with E-state index in [4.69, 9.17) is 0 Å². The molecule has 2 aromatic rings. The number of aryl methyl sites for hydroxylation is 1. The van der Waals surface area contributed by atoms with Crippen molar-refractivity contribution >= 4 is 28.3 Å². The number of hydrogen-bond donors (Lipinski definition) is 0. The van der Waals surface area contributed by atoms with Crippen LogP contribution in [0.4, 0.5) is 5.13 Å². The minimum absolute atomic E-state index is 0.0606. The van der Waals surface area contributed by atoms with Crippen LogP contribution in [0.25, 0.3) is 0 Å². The Kier molecular flexibility index (Phi) is 4.84. The van der Waals surface area contributed by atoms with Crippen molar-refractivity contribution in [3.05, 3.63) is 17.2 Å². The number of carbonyl (C=O) groups excluding carboxylic acids is 2. The van der Waals surface area contributed by atoms with Crippen LogP contribution in [0, 0.1) is 5.92 Å². The molecule has 0 aliphatic carbocycles. The van der Waals surface area contributed by atoms with Gasteiger partial charge in [0.15, 0.2) is 5.82 Å². The first kappa shape index (κ1) is 16.5. The van der Waals surface area contributed by atoms with E-state index in [1.54, 1.807) is 16.8 Å². The molecule has 0 radical (unpaired) electrons. The molecule has 2 amide bonds. The van der Waals surface area contributed by atoms with Crippen LogP contribution in [0.1, 0.15) is 24.2 Å². The molecule has 0 aromatic carbocycles. The highest BCUT2D eigenvalue weighted by molar-refractivity contribution is 7.15. The predicted octanol–water partition coefficient (Wildman–Crippen LogP) is 0.537. The van der Waals surface area contributed by atoms with Crippen LogP contribution in [0.3, 0.4) is 0 Å². The quantitative estimate of drug-likeness (QED) is 0.748. The molecule has 1 unspecified atom stereocenters. The minimum Gasteiger partial charge on any atom is -0.345 e. The Labute approximate surface area is 142 Å². The fourth-order valence-corrected chi connectivity index (χ4v) is 3.35. The molecule has 24 heavy (non-hydrogen) atoms. The largest absolute Gasteiger partial charge is 0.345 e. The van der Waals surface area contributed by atoms with Crippen molar-refractivity contribution in [3.8, 4) is 0 Å². The van der Waals surface area contributed by atoms with Gasteiger partial charge in [0, 0.05) is 33.0 Å². The summed E-state index contributed by atoms with van der Waals surface area (Å²) in [5.41, 5.74) is 0. The van der Waals surface area contributed by atoms with E-state index in [2.05, 4.69) is 24.9 Å². The Hall–Kier alpha value is -2.36. The van der Waals surface area contributed by atoms with Crippen LogP contribution in [0.5, 0.6) is 0 Å². The number of aromatic nitrogens is 4. The van der Waals surface area contributed by atoms with Gasteiger partial charge in [-0.2, -0.15) is 4.98 Å². The van der Waals surface area contributed by atoms with Crippen LogP contribution in [0.15, 0.2) is 10.9 Å². The van der Waals surface area contributed by atoms with E-state index in [1.165, 1.54) is 17.7 Å². The molecule has 1 saturated heterocycles. The number of likely N-dealkylation sites (N-methyl/N-ethyl adjacent to an activating group) is 1. The molecule has 128 valence electrons. The van der Waals surface area contributed by atoms with Crippen molar-refractivity contribution in [3.63, 3.8) is 0 Å². The molecule has 9 nitrogen and oxygen atoms in total. The van der Waals surface area contributed by atoms with Gasteiger partial charge in [-0.05, 0) is 6.42 Å². The van der Waals surface area contributed by atoms with Crippen molar-refractivity contribution < 1.29 is 14.1 Å². The molecule has 0 bridgehead atoms. The summed E-state index contributed by atoms with van der Waals surface area (Å²) >= 11 is 1.40. The third-order valence-corrected chi connectivity index (χ3v) is 5.01. The molecular formula is C14H18N6O3S. The number of nitrogens with zero attached hydrogens (tertiary/aromatic N) is 6. The highest BCUT2D eigenvalue weighted by Crippen LogP contribution is 2.28. The third kappa shape index (κ3) is 3.42. The van der Waals surface area contributed by atoms with Crippen molar-refractivity contribution in [2.75, 3.05) is 25.0 Å². The normalized spacial score (nSPS) is 17.5. The molecule has 0 spiro atoms. The summed E-state index contributed by atoms with van der Waals surface area (Å²) in [5, 5.41) is 13.3. The van der Waals surface area contributed by atoms with Gasteiger partial charge in [0.1, 0.15) is 5.01 Å². The summed E-state index contributed by atoms with van der Waals surface area (Å²) < 4.78 is 4.67. The second kappa shape index (κ2) is 7.04. The van der Waals surface area contributed by atoms with Crippen LogP contribution < -0.4 is 4.90 Å². The first-order valence-electron chi connectivity index (χ1n) is 7.71. The first-order valence-corrected chi connectivity index (χ1v) is 8.53. The van der Waals surface area contributed by atoms with Gasteiger partial charge in [-0.25, -0.2) is 0 Å². The van der Waals surface area contributed by atoms with Crippen LogP contribution in [-0.2, 0) is 22.4 Å². The van der Waals surface area contributed by atoms with Gasteiger partial charge in [-0.15, -0.1) is 10.2 Å². The van der Waals surface area contributed by atoms with Gasteiger partial charge in [-0.3, -0.25) is 14.5 Å². The summed E-state index contributed by atoms with van der Waals surface area (Å²) in [7, 11) is 1.72. The van der Waals surface area contributed by atoms with Gasteiger partial charge in [-0.1, -0.05) is 23.4 Å². The highest BCUT2D eigenvalue weighted by Gasteiger charge is 2.37. The average Bonchev–Trinajstić information content (AvgIpc) is 3.31. The number of amides is 2. The topological polar surface area (TPSA) is 105 Å². The van der Waals surface area contributed by atoms with Gasteiger partial charge in [0.05, 0.1) is 5.92 Å². The highest BCUT2D eigenvalue weighted by atomic mass is 32.1. The Morgan fingerprint density at radius 3 is 3.00 bits per heavy atom. The minimum atomic E-state index is -0.359. The van der Waals surface area contributed by atoms with Crippen molar-refractivity contribution in [1.29, 1.82) is 0 Å². The lowest BCUT2D eigenvalue weighted by Gasteiger charge is -2.20. The average molecular weight is 350 g/mol. The Morgan fingerprint density at radius 1 is 1.50 bits per heavy atom. The van der Waals surface area contributed by atoms with Crippen LogP contribution in [-0.4, -0.2) is 57.2 Å². The Balaban J connectivity index is 1.58. The van der Waals surface area contributed by atoms with Gasteiger partial charge in [0.2, 0.25) is 23.3 Å². The van der Waals surface area contributed by atoms with E-state index in [9.17, 15) is 9.59 Å². The maximum absolute atomic E-state index is 12.5. The summed E-state index contributed by atoms with van der Waals surface area (Å²) in [6.07, 6.45) is 2.75. The maximum Gasteiger partial charge on any atom is 0.229 e. The zero-order valence-corrected chi connectivity index (χ0v) is 14.3. The number of rotatable bonds is 6. The second-order valence-corrected chi connectivity index (χ2v) is 6.64. The molecular weight excluding hydrogens is 332 g/mol. The molecule has 1 aliphatic heterocycles. The summed E-state index contributed by atoms with van der Waals surface area (Å²) in [6.45, 7) is 2.81. The molecule has 1 aliphatic rings. The van der Waals surface area contributed by atoms with Crippen molar-refractivity contribution in [1.82, 2.24) is 25.2 Å². The van der Waals surface area contributed by atoms with E-state index < -0.39 is 0 Å². The predicted molar refractivity (Wildman–Crippen MR) is 85.4 cm³/mol. The summed E-state index contributed by atoms with van der Waals surface area (Å²) in [6, 6.07) is 0. The second-order valence-electron chi connectivity index (χ2n) is 5.59. The summed E-state index contributed by atoms with van der Waals surface area (Å²) in [4.78, 5) is 31.9. The summed E-state index contributed by atoms with van der Waals surface area (Å²) in [5.74, 6) is 0.0507. The third-order valence-electron chi connectivity index (χ3n) is 3.92. The van der Waals surface area contributed by atoms with E-state index in [0.717, 1.165) is 11.4 Å². The molecule has 0 N–H and O–H groups in total. The van der Waals surface area contributed by atoms with E-state index in [1.807, 2.05) is 6.92 Å². The van der Waals surface area contributed by atoms with Crippen molar-refractivity contribution in [2.45, 2.75) is 26.2 Å². The molecule has 1 atom stereocenters. The van der Waals surface area contributed by atoms with Crippen LogP contribution >= 0.6 is 11.3 Å². The number of hydrogen-bond acceptors (Lipinski definition) is 8. The molecule has 3 heterocycles. The lowest BCUT2D eigenvalue weighted by molar-refractivity contribution is -0.134. The smallest absolute Gasteiger partial charge is 0.229 e. The van der Waals surface area contributed by atoms with Crippen LogP contribution in [0.2, 0.25) is 0 Å². The van der Waals surface area contributed by atoms with Gasteiger partial charge >= 0.3 is 0 Å². The van der Waals surface area contributed by atoms with Crippen molar-refractivity contribution in [2.24, 2.45) is 5.92 Å². The molecule has 0 saturated carbocycles. The molecule has 1 fully saturated rings. The lowest BCUT2D eigenvalue weighted by atomic mass is 10.1.